The lowest BCUT2D eigenvalue weighted by Gasteiger charge is -2.19. The Kier molecular flexibility index (Phi) is 36.8. The standard InChI is InChI=1S/C43H78O9/c1-5-9-13-15-19-23-32-49-43(50-33-24-20-16-14-10-6-2)30-29-42(47)52-37-39(35-44)36-51-41(46)28-22-18-17-21-27-40(45)48-34-31-38(25-11-7-3)26-12-8-4/h9-10,13-14,38-39,43-44H,5-8,11-12,15-37H2,1-4H3/b13-9-,14-10-. The zero-order valence-electron chi connectivity index (χ0n) is 33.8. The Morgan fingerprint density at radius 1 is 0.500 bits per heavy atom. The molecule has 0 saturated carbocycles. The van der Waals surface area contributed by atoms with Crippen LogP contribution >= 0.6 is 0 Å². The summed E-state index contributed by atoms with van der Waals surface area (Å²) in [6, 6.07) is 0. The lowest BCUT2D eigenvalue weighted by atomic mass is 9.93. The molecule has 0 aliphatic rings. The van der Waals surface area contributed by atoms with E-state index < -0.39 is 18.2 Å². The van der Waals surface area contributed by atoms with Gasteiger partial charge in [0, 0.05) is 32.5 Å². The lowest BCUT2D eigenvalue weighted by Crippen LogP contribution is -2.25. The van der Waals surface area contributed by atoms with Crippen LogP contribution in [0.5, 0.6) is 0 Å². The molecule has 304 valence electrons. The number of carbonyl (C=O) groups excluding carboxylic acids is 3. The minimum atomic E-state index is -0.487. The highest BCUT2D eigenvalue weighted by Gasteiger charge is 2.17. The third-order valence-electron chi connectivity index (χ3n) is 8.98. The molecule has 0 aromatic carbocycles. The molecule has 0 fully saturated rings. The summed E-state index contributed by atoms with van der Waals surface area (Å²) < 4.78 is 28.2. The van der Waals surface area contributed by atoms with Crippen molar-refractivity contribution in [2.75, 3.05) is 39.6 Å². The highest BCUT2D eigenvalue weighted by Crippen LogP contribution is 2.20. The maximum Gasteiger partial charge on any atom is 0.305 e. The largest absolute Gasteiger partial charge is 0.466 e. The quantitative estimate of drug-likeness (QED) is 0.0217. The molecule has 0 spiro atoms. The van der Waals surface area contributed by atoms with Crippen molar-refractivity contribution in [3.8, 4) is 0 Å². The van der Waals surface area contributed by atoms with Gasteiger partial charge in [-0.05, 0) is 76.5 Å². The van der Waals surface area contributed by atoms with Crippen molar-refractivity contribution < 1.29 is 43.2 Å². The first-order chi connectivity index (χ1) is 25.4. The fourth-order valence-corrected chi connectivity index (χ4v) is 5.62. The first-order valence-electron chi connectivity index (χ1n) is 21.0. The van der Waals surface area contributed by atoms with E-state index in [2.05, 4.69) is 52.0 Å². The van der Waals surface area contributed by atoms with Crippen molar-refractivity contribution in [3.63, 3.8) is 0 Å². The first kappa shape index (κ1) is 49.8. The monoisotopic (exact) mass is 739 g/mol. The number of esters is 3. The number of rotatable bonds is 38. The number of allylic oxidation sites excluding steroid dienone is 4. The Morgan fingerprint density at radius 2 is 1.00 bits per heavy atom. The van der Waals surface area contributed by atoms with Crippen molar-refractivity contribution in [1.29, 1.82) is 0 Å². The zero-order valence-corrected chi connectivity index (χ0v) is 33.8. The first-order valence-corrected chi connectivity index (χ1v) is 21.0. The average Bonchev–Trinajstić information content (AvgIpc) is 3.14. The molecule has 52 heavy (non-hydrogen) atoms. The van der Waals surface area contributed by atoms with Gasteiger partial charge in [-0.25, -0.2) is 0 Å². The summed E-state index contributed by atoms with van der Waals surface area (Å²) in [5, 5.41) is 9.75. The van der Waals surface area contributed by atoms with Gasteiger partial charge in [0.05, 0.1) is 38.8 Å². The van der Waals surface area contributed by atoms with Gasteiger partial charge in [0.2, 0.25) is 0 Å². The van der Waals surface area contributed by atoms with Gasteiger partial charge < -0.3 is 28.8 Å². The molecular formula is C43H78O9. The summed E-state index contributed by atoms with van der Waals surface area (Å²) in [4.78, 5) is 36.9. The second-order valence-corrected chi connectivity index (χ2v) is 13.9. The lowest BCUT2D eigenvalue weighted by molar-refractivity contribution is -0.161. The third-order valence-corrected chi connectivity index (χ3v) is 8.98. The van der Waals surface area contributed by atoms with E-state index in [-0.39, 0.29) is 44.6 Å². The van der Waals surface area contributed by atoms with Crippen LogP contribution < -0.4 is 0 Å². The third kappa shape index (κ3) is 33.6. The molecule has 1 unspecified atom stereocenters. The molecule has 0 aromatic heterocycles. The van der Waals surface area contributed by atoms with E-state index in [9.17, 15) is 19.5 Å². The number of hydrogen-bond acceptors (Lipinski definition) is 9. The number of unbranched alkanes of at least 4 members (excludes halogenated alkanes) is 9. The number of aliphatic hydroxyl groups excluding tert-OH is 1. The zero-order chi connectivity index (χ0) is 38.3. The second-order valence-electron chi connectivity index (χ2n) is 13.9. The van der Waals surface area contributed by atoms with Gasteiger partial charge in [0.15, 0.2) is 6.29 Å². The second kappa shape index (κ2) is 38.5. The van der Waals surface area contributed by atoms with Gasteiger partial charge in [0.1, 0.15) is 0 Å². The molecule has 0 bridgehead atoms. The highest BCUT2D eigenvalue weighted by atomic mass is 16.7. The van der Waals surface area contributed by atoms with E-state index in [1.165, 1.54) is 38.5 Å². The molecule has 0 aliphatic heterocycles. The molecule has 1 N–H and O–H groups in total. The normalized spacial score (nSPS) is 12.4. The topological polar surface area (TPSA) is 118 Å². The van der Waals surface area contributed by atoms with Crippen LogP contribution in [0.2, 0.25) is 0 Å². The SMILES string of the molecule is CC/C=C\CCCCOC(CCC(=O)OCC(CO)COC(=O)CCCCCCC(=O)OCCC(CCCC)CCCC)OCCCC/C=C\CC. The van der Waals surface area contributed by atoms with Gasteiger partial charge in [-0.1, -0.05) is 103 Å². The van der Waals surface area contributed by atoms with Crippen LogP contribution in [-0.4, -0.2) is 68.9 Å². The Balaban J connectivity index is 4.23. The molecule has 0 radical (unpaired) electrons. The van der Waals surface area contributed by atoms with Crippen molar-refractivity contribution in [2.24, 2.45) is 11.8 Å². The Bertz CT molecular complexity index is 856. The summed E-state index contributed by atoms with van der Waals surface area (Å²) >= 11 is 0. The molecule has 0 aliphatic carbocycles. The molecule has 9 heteroatoms. The fraction of sp³-hybridized carbons (Fsp3) is 0.837. The van der Waals surface area contributed by atoms with Gasteiger partial charge in [0.25, 0.3) is 0 Å². The van der Waals surface area contributed by atoms with E-state index >= 15 is 0 Å². The van der Waals surface area contributed by atoms with E-state index in [1.54, 1.807) is 0 Å². The predicted molar refractivity (Wildman–Crippen MR) is 210 cm³/mol. The van der Waals surface area contributed by atoms with Crippen LogP contribution in [0, 0.1) is 11.8 Å². The van der Waals surface area contributed by atoms with Crippen LogP contribution in [-0.2, 0) is 38.1 Å². The van der Waals surface area contributed by atoms with Crippen LogP contribution in [0.3, 0.4) is 0 Å². The molecule has 0 saturated heterocycles. The molecule has 0 rings (SSSR count). The average molecular weight is 739 g/mol. The van der Waals surface area contributed by atoms with E-state index in [4.69, 9.17) is 23.7 Å². The van der Waals surface area contributed by atoms with Crippen LogP contribution in [0.15, 0.2) is 24.3 Å². The van der Waals surface area contributed by atoms with Crippen LogP contribution in [0.4, 0.5) is 0 Å². The number of ether oxygens (including phenoxy) is 5. The van der Waals surface area contributed by atoms with Crippen molar-refractivity contribution in [2.45, 2.75) is 182 Å². The summed E-state index contributed by atoms with van der Waals surface area (Å²) in [7, 11) is 0. The van der Waals surface area contributed by atoms with Crippen LogP contribution in [0.25, 0.3) is 0 Å². The van der Waals surface area contributed by atoms with Gasteiger partial charge in [-0.2, -0.15) is 0 Å². The maximum absolute atomic E-state index is 12.5. The van der Waals surface area contributed by atoms with E-state index in [0.29, 0.717) is 45.0 Å². The minimum Gasteiger partial charge on any atom is -0.466 e. The summed E-state index contributed by atoms with van der Waals surface area (Å²) in [6.45, 7) is 10.0. The minimum absolute atomic E-state index is 0.0120. The molecule has 9 nitrogen and oxygen atoms in total. The van der Waals surface area contributed by atoms with Crippen LogP contribution in [0.1, 0.15) is 175 Å². The van der Waals surface area contributed by atoms with Crippen molar-refractivity contribution in [1.82, 2.24) is 0 Å². The molecular weight excluding hydrogens is 660 g/mol. The smallest absolute Gasteiger partial charge is 0.305 e. The Hall–Kier alpha value is -2.23. The highest BCUT2D eigenvalue weighted by molar-refractivity contribution is 5.70. The number of hydrogen-bond donors (Lipinski definition) is 1. The van der Waals surface area contributed by atoms with Crippen molar-refractivity contribution >= 4 is 17.9 Å². The summed E-state index contributed by atoms with van der Waals surface area (Å²) in [6.07, 6.45) is 28.9. The molecule has 0 aromatic rings. The predicted octanol–water partition coefficient (Wildman–Crippen LogP) is 10.4. The molecule has 0 amide bonds. The summed E-state index contributed by atoms with van der Waals surface area (Å²) in [5.74, 6) is -0.716. The van der Waals surface area contributed by atoms with E-state index in [1.807, 2.05) is 0 Å². The maximum atomic E-state index is 12.5. The number of carbonyl (C=O) groups is 3. The van der Waals surface area contributed by atoms with Crippen molar-refractivity contribution in [3.05, 3.63) is 24.3 Å². The fourth-order valence-electron chi connectivity index (χ4n) is 5.62. The van der Waals surface area contributed by atoms with Gasteiger partial charge in [-0.3, -0.25) is 14.4 Å². The van der Waals surface area contributed by atoms with Gasteiger partial charge >= 0.3 is 17.9 Å². The molecule has 0 heterocycles. The number of aliphatic hydroxyl groups is 1. The van der Waals surface area contributed by atoms with E-state index in [0.717, 1.165) is 77.0 Å². The van der Waals surface area contributed by atoms with Gasteiger partial charge in [-0.15, -0.1) is 0 Å². The molecule has 1 atom stereocenters. The summed E-state index contributed by atoms with van der Waals surface area (Å²) in [5.41, 5.74) is 0. The Morgan fingerprint density at radius 3 is 1.48 bits per heavy atom. The Labute approximate surface area is 318 Å².